The summed E-state index contributed by atoms with van der Waals surface area (Å²) >= 11 is 0. The first-order valence-corrected chi connectivity index (χ1v) is 11.8. The van der Waals surface area contributed by atoms with E-state index in [2.05, 4.69) is 50.8 Å². The third-order valence-electron chi connectivity index (χ3n) is 7.12. The third-order valence-corrected chi connectivity index (χ3v) is 7.12. The molecule has 2 amide bonds. The molecular weight excluding hydrogens is 376 g/mol. The highest BCUT2D eigenvalue weighted by Gasteiger charge is 2.33. The van der Waals surface area contributed by atoms with E-state index in [4.69, 9.17) is 0 Å². The average Bonchev–Trinajstić information content (AvgIpc) is 3.19. The van der Waals surface area contributed by atoms with E-state index in [1.165, 1.54) is 50.9 Å². The quantitative estimate of drug-likeness (QED) is 0.717. The number of nitrogens with one attached hydrogen (secondary N) is 2. The molecule has 3 saturated heterocycles. The molecule has 1 aromatic carbocycles. The van der Waals surface area contributed by atoms with Crippen LogP contribution in [-0.4, -0.2) is 73.0 Å². The van der Waals surface area contributed by atoms with E-state index in [-0.39, 0.29) is 23.8 Å². The highest BCUT2D eigenvalue weighted by molar-refractivity contribution is 5.89. The molecule has 0 saturated carbocycles. The smallest absolute Gasteiger partial charge is 0.242 e. The molecule has 0 aliphatic carbocycles. The SMILES string of the molecule is O=C(N[C@@H]1CCNC1=O)C1CCN(C2CCN(CCCc3ccccc3)CC2)CC1. The lowest BCUT2D eigenvalue weighted by Crippen LogP contribution is -2.50. The minimum atomic E-state index is -0.318. The molecule has 1 aromatic rings. The predicted molar refractivity (Wildman–Crippen MR) is 118 cm³/mol. The van der Waals surface area contributed by atoms with Crippen molar-refractivity contribution in [2.45, 2.75) is 57.0 Å². The van der Waals surface area contributed by atoms with E-state index in [0.717, 1.165) is 25.9 Å². The van der Waals surface area contributed by atoms with Crippen LogP contribution < -0.4 is 10.6 Å². The van der Waals surface area contributed by atoms with Gasteiger partial charge in [0.25, 0.3) is 0 Å². The molecule has 164 valence electrons. The summed E-state index contributed by atoms with van der Waals surface area (Å²) in [6, 6.07) is 11.1. The molecule has 6 nitrogen and oxygen atoms in total. The first kappa shape index (κ1) is 21.3. The molecule has 4 rings (SSSR count). The fraction of sp³-hybridized carbons (Fsp3) is 0.667. The van der Waals surface area contributed by atoms with Crippen LogP contribution >= 0.6 is 0 Å². The zero-order chi connectivity index (χ0) is 20.8. The van der Waals surface area contributed by atoms with Gasteiger partial charge in [-0.1, -0.05) is 30.3 Å². The molecule has 0 aromatic heterocycles. The van der Waals surface area contributed by atoms with Crippen LogP contribution in [0.1, 0.15) is 44.1 Å². The van der Waals surface area contributed by atoms with Crippen LogP contribution in [0.4, 0.5) is 0 Å². The Morgan fingerprint density at radius 3 is 2.40 bits per heavy atom. The number of piperidine rings is 2. The number of aryl methyl sites for hydroxylation is 1. The van der Waals surface area contributed by atoms with Gasteiger partial charge in [0.1, 0.15) is 6.04 Å². The van der Waals surface area contributed by atoms with Gasteiger partial charge in [0.15, 0.2) is 0 Å². The standard InChI is InChI=1S/C24H36N4O2/c29-23(26-22-8-13-25-24(22)30)20-9-17-28(18-10-20)21-11-15-27(16-12-21)14-4-7-19-5-2-1-3-6-19/h1-3,5-6,20-22H,4,7-18H2,(H,25,30)(H,26,29)/t22-/m1/s1. The second-order valence-corrected chi connectivity index (χ2v) is 9.11. The molecule has 3 aliphatic rings. The van der Waals surface area contributed by atoms with E-state index in [1.807, 2.05) is 0 Å². The molecule has 0 radical (unpaired) electrons. The Labute approximate surface area is 180 Å². The Hall–Kier alpha value is -1.92. The van der Waals surface area contributed by atoms with Gasteiger partial charge in [-0.25, -0.2) is 0 Å². The van der Waals surface area contributed by atoms with Gasteiger partial charge in [-0.2, -0.15) is 0 Å². The molecule has 3 fully saturated rings. The molecule has 1 atom stereocenters. The van der Waals surface area contributed by atoms with Crippen molar-refractivity contribution < 1.29 is 9.59 Å². The van der Waals surface area contributed by atoms with Crippen LogP contribution in [-0.2, 0) is 16.0 Å². The van der Waals surface area contributed by atoms with Crippen molar-refractivity contribution in [3.63, 3.8) is 0 Å². The molecule has 3 heterocycles. The topological polar surface area (TPSA) is 64.7 Å². The van der Waals surface area contributed by atoms with Crippen molar-refractivity contribution in [3.8, 4) is 0 Å². The number of nitrogens with zero attached hydrogens (tertiary/aromatic N) is 2. The lowest BCUT2D eigenvalue weighted by atomic mass is 9.92. The van der Waals surface area contributed by atoms with E-state index in [0.29, 0.717) is 19.0 Å². The number of likely N-dealkylation sites (tertiary alicyclic amines) is 2. The van der Waals surface area contributed by atoms with Gasteiger partial charge in [0.2, 0.25) is 11.8 Å². The summed E-state index contributed by atoms with van der Waals surface area (Å²) < 4.78 is 0. The minimum absolute atomic E-state index is 0.0312. The Morgan fingerprint density at radius 2 is 1.73 bits per heavy atom. The van der Waals surface area contributed by atoms with Gasteiger partial charge in [-0.3, -0.25) is 9.59 Å². The first-order valence-electron chi connectivity index (χ1n) is 11.8. The van der Waals surface area contributed by atoms with Crippen molar-refractivity contribution in [2.24, 2.45) is 5.92 Å². The fourth-order valence-electron chi connectivity index (χ4n) is 5.21. The maximum absolute atomic E-state index is 12.5. The van der Waals surface area contributed by atoms with Gasteiger partial charge in [-0.05, 0) is 83.2 Å². The van der Waals surface area contributed by atoms with Crippen molar-refractivity contribution >= 4 is 11.8 Å². The molecule has 3 aliphatic heterocycles. The van der Waals surface area contributed by atoms with E-state index < -0.39 is 0 Å². The summed E-state index contributed by atoms with van der Waals surface area (Å²) in [5.74, 6) is 0.106. The summed E-state index contributed by atoms with van der Waals surface area (Å²) in [5, 5.41) is 5.74. The van der Waals surface area contributed by atoms with Crippen molar-refractivity contribution in [2.75, 3.05) is 39.3 Å². The van der Waals surface area contributed by atoms with Crippen LogP contribution in [0.2, 0.25) is 0 Å². The van der Waals surface area contributed by atoms with Gasteiger partial charge in [0, 0.05) is 18.5 Å². The number of hydrogen-bond donors (Lipinski definition) is 2. The Morgan fingerprint density at radius 1 is 1.00 bits per heavy atom. The van der Waals surface area contributed by atoms with Crippen LogP contribution in [0.25, 0.3) is 0 Å². The normalized spacial score (nSPS) is 24.7. The number of rotatable bonds is 7. The van der Waals surface area contributed by atoms with Crippen molar-refractivity contribution in [1.29, 1.82) is 0 Å². The van der Waals surface area contributed by atoms with E-state index >= 15 is 0 Å². The Bertz CT molecular complexity index is 694. The number of benzene rings is 1. The summed E-state index contributed by atoms with van der Waals surface area (Å²) in [7, 11) is 0. The van der Waals surface area contributed by atoms with Gasteiger partial charge in [-0.15, -0.1) is 0 Å². The van der Waals surface area contributed by atoms with Crippen molar-refractivity contribution in [1.82, 2.24) is 20.4 Å². The number of carbonyl (C=O) groups is 2. The number of carbonyl (C=O) groups excluding carboxylic acids is 2. The first-order chi connectivity index (χ1) is 14.7. The second-order valence-electron chi connectivity index (χ2n) is 9.11. The lowest BCUT2D eigenvalue weighted by Gasteiger charge is -2.41. The van der Waals surface area contributed by atoms with Crippen LogP contribution in [0.3, 0.4) is 0 Å². The van der Waals surface area contributed by atoms with Crippen LogP contribution in [0.5, 0.6) is 0 Å². The third kappa shape index (κ3) is 5.61. The number of amides is 2. The van der Waals surface area contributed by atoms with Gasteiger partial charge >= 0.3 is 0 Å². The van der Waals surface area contributed by atoms with Crippen LogP contribution in [0.15, 0.2) is 30.3 Å². The average molecular weight is 413 g/mol. The zero-order valence-corrected chi connectivity index (χ0v) is 18.0. The molecule has 30 heavy (non-hydrogen) atoms. The molecule has 0 unspecified atom stereocenters. The molecule has 0 spiro atoms. The monoisotopic (exact) mass is 412 g/mol. The molecular formula is C24H36N4O2. The van der Waals surface area contributed by atoms with E-state index in [9.17, 15) is 9.59 Å². The summed E-state index contributed by atoms with van der Waals surface area (Å²) in [4.78, 5) is 29.4. The second kappa shape index (κ2) is 10.4. The molecule has 0 bridgehead atoms. The fourth-order valence-corrected chi connectivity index (χ4v) is 5.21. The number of hydrogen-bond acceptors (Lipinski definition) is 4. The van der Waals surface area contributed by atoms with Crippen LogP contribution in [0, 0.1) is 5.92 Å². The predicted octanol–water partition coefficient (Wildman–Crippen LogP) is 1.80. The van der Waals surface area contributed by atoms with E-state index in [1.54, 1.807) is 0 Å². The molecule has 6 heteroatoms. The Balaban J connectivity index is 1.12. The highest BCUT2D eigenvalue weighted by atomic mass is 16.2. The minimum Gasteiger partial charge on any atom is -0.354 e. The summed E-state index contributed by atoms with van der Waals surface area (Å²) in [6.45, 7) is 6.26. The highest BCUT2D eigenvalue weighted by Crippen LogP contribution is 2.24. The van der Waals surface area contributed by atoms with Gasteiger partial charge in [0.05, 0.1) is 0 Å². The summed E-state index contributed by atoms with van der Waals surface area (Å²) in [5.41, 5.74) is 1.44. The lowest BCUT2D eigenvalue weighted by molar-refractivity contribution is -0.131. The van der Waals surface area contributed by atoms with Gasteiger partial charge < -0.3 is 20.4 Å². The maximum Gasteiger partial charge on any atom is 0.242 e. The summed E-state index contributed by atoms with van der Waals surface area (Å²) in [6.07, 6.45) is 7.42. The molecule has 2 N–H and O–H groups in total. The largest absolute Gasteiger partial charge is 0.354 e. The zero-order valence-electron chi connectivity index (χ0n) is 18.0. The maximum atomic E-state index is 12.5. The Kier molecular flexibility index (Phi) is 7.39. The van der Waals surface area contributed by atoms with Crippen molar-refractivity contribution in [3.05, 3.63) is 35.9 Å².